The van der Waals surface area contributed by atoms with E-state index in [1.807, 2.05) is 17.9 Å². The molecule has 0 saturated carbocycles. The molecular weight excluding hydrogens is 320 g/mol. The lowest BCUT2D eigenvalue weighted by Crippen LogP contribution is -2.47. The molecule has 1 aliphatic rings. The van der Waals surface area contributed by atoms with Gasteiger partial charge in [0.05, 0.1) is 36.5 Å². The maximum Gasteiger partial charge on any atom is 0.160 e. The molecule has 1 aliphatic heterocycles. The quantitative estimate of drug-likeness (QED) is 0.713. The summed E-state index contributed by atoms with van der Waals surface area (Å²) in [4.78, 5) is 10.9. The van der Waals surface area contributed by atoms with Crippen LogP contribution in [-0.4, -0.2) is 67.2 Å². The number of rotatable bonds is 5. The van der Waals surface area contributed by atoms with E-state index in [0.29, 0.717) is 6.54 Å². The molecule has 1 fully saturated rings. The van der Waals surface area contributed by atoms with Gasteiger partial charge in [0, 0.05) is 31.9 Å². The van der Waals surface area contributed by atoms with Crippen molar-refractivity contribution in [2.45, 2.75) is 19.1 Å². The summed E-state index contributed by atoms with van der Waals surface area (Å²) < 4.78 is 7.93. The molecule has 9 heteroatoms. The topological polar surface area (TPSA) is 96.8 Å². The van der Waals surface area contributed by atoms with E-state index in [1.165, 1.54) is 11.9 Å². The smallest absolute Gasteiger partial charge is 0.160 e. The molecule has 0 amide bonds. The van der Waals surface area contributed by atoms with Crippen LogP contribution >= 0.6 is 0 Å². The number of hydrogen-bond donors (Lipinski definition) is 2. The molecule has 2 N–H and O–H groups in total. The molecular formula is C16H22N8O. The minimum absolute atomic E-state index is 0.00909. The third kappa shape index (κ3) is 3.08. The van der Waals surface area contributed by atoms with Gasteiger partial charge in [-0.05, 0) is 6.54 Å². The first-order chi connectivity index (χ1) is 12.3. The lowest BCUT2D eigenvalue weighted by Gasteiger charge is -2.40. The van der Waals surface area contributed by atoms with Crippen LogP contribution in [0.5, 0.6) is 0 Å². The fourth-order valence-electron chi connectivity index (χ4n) is 3.43. The van der Waals surface area contributed by atoms with Crippen molar-refractivity contribution in [1.82, 2.24) is 34.8 Å². The van der Waals surface area contributed by atoms with Gasteiger partial charge in [-0.15, -0.1) is 0 Å². The van der Waals surface area contributed by atoms with Crippen LogP contribution in [0, 0.1) is 0 Å². The van der Waals surface area contributed by atoms with Crippen LogP contribution in [0.3, 0.4) is 0 Å². The summed E-state index contributed by atoms with van der Waals surface area (Å²) in [7, 11) is 1.94. The van der Waals surface area contributed by atoms with Gasteiger partial charge in [0.1, 0.15) is 12.1 Å². The van der Waals surface area contributed by atoms with Gasteiger partial charge in [-0.2, -0.15) is 10.2 Å². The van der Waals surface area contributed by atoms with E-state index in [0.717, 1.165) is 36.5 Å². The average Bonchev–Trinajstić information content (AvgIpc) is 3.28. The molecule has 4 heterocycles. The maximum atomic E-state index is 6.09. The lowest BCUT2D eigenvalue weighted by atomic mass is 10.0. The number of anilines is 1. The van der Waals surface area contributed by atoms with E-state index in [4.69, 9.17) is 4.74 Å². The number of aromatic nitrogens is 6. The van der Waals surface area contributed by atoms with Crippen LogP contribution in [0.1, 0.15) is 18.5 Å². The molecule has 1 saturated heterocycles. The van der Waals surface area contributed by atoms with Crippen molar-refractivity contribution in [3.05, 3.63) is 30.5 Å². The van der Waals surface area contributed by atoms with Crippen molar-refractivity contribution in [1.29, 1.82) is 0 Å². The second-order valence-corrected chi connectivity index (χ2v) is 6.17. The number of fused-ring (bicyclic) bond motifs is 1. The molecule has 0 bridgehead atoms. The molecule has 9 nitrogen and oxygen atoms in total. The van der Waals surface area contributed by atoms with Crippen molar-refractivity contribution in [2.75, 3.05) is 31.6 Å². The Labute approximate surface area is 145 Å². The van der Waals surface area contributed by atoms with Crippen molar-refractivity contribution >= 4 is 16.9 Å². The van der Waals surface area contributed by atoms with Crippen molar-refractivity contribution < 1.29 is 4.74 Å². The van der Waals surface area contributed by atoms with Gasteiger partial charge in [0.15, 0.2) is 5.65 Å². The highest BCUT2D eigenvalue weighted by Crippen LogP contribution is 2.29. The monoisotopic (exact) mass is 342 g/mol. The molecule has 25 heavy (non-hydrogen) atoms. The lowest BCUT2D eigenvalue weighted by molar-refractivity contribution is -0.0639. The van der Waals surface area contributed by atoms with Crippen molar-refractivity contribution in [3.63, 3.8) is 0 Å². The number of aryl methyl sites for hydroxylation is 1. The summed E-state index contributed by atoms with van der Waals surface area (Å²) in [6.07, 6.45) is 7.26. The van der Waals surface area contributed by atoms with E-state index < -0.39 is 0 Å². The van der Waals surface area contributed by atoms with Crippen molar-refractivity contribution in [3.8, 4) is 0 Å². The Morgan fingerprint density at radius 2 is 2.28 bits per heavy atom. The molecule has 3 aromatic heterocycles. The minimum atomic E-state index is 0.00909. The molecule has 2 atom stereocenters. The van der Waals surface area contributed by atoms with E-state index in [9.17, 15) is 0 Å². The van der Waals surface area contributed by atoms with Crippen LogP contribution in [0.2, 0.25) is 0 Å². The van der Waals surface area contributed by atoms with Crippen LogP contribution in [0.25, 0.3) is 11.0 Å². The molecule has 0 unspecified atom stereocenters. The first kappa shape index (κ1) is 16.0. The third-order valence-electron chi connectivity index (χ3n) is 4.65. The second-order valence-electron chi connectivity index (χ2n) is 6.17. The Hall–Kier alpha value is -2.52. The molecule has 3 aromatic rings. The Kier molecular flexibility index (Phi) is 4.33. The van der Waals surface area contributed by atoms with Crippen LogP contribution in [-0.2, 0) is 11.8 Å². The fraction of sp³-hybridized carbons (Fsp3) is 0.500. The van der Waals surface area contributed by atoms with E-state index >= 15 is 0 Å². The summed E-state index contributed by atoms with van der Waals surface area (Å²) >= 11 is 0. The zero-order valence-electron chi connectivity index (χ0n) is 14.4. The third-order valence-corrected chi connectivity index (χ3v) is 4.65. The van der Waals surface area contributed by atoms with Gasteiger partial charge in [-0.1, -0.05) is 6.92 Å². The first-order valence-corrected chi connectivity index (χ1v) is 8.48. The Morgan fingerprint density at radius 1 is 1.36 bits per heavy atom. The Balaban J connectivity index is 1.55. The van der Waals surface area contributed by atoms with E-state index in [-0.39, 0.29) is 12.1 Å². The summed E-state index contributed by atoms with van der Waals surface area (Å²) in [5.74, 6) is 0.765. The van der Waals surface area contributed by atoms with Gasteiger partial charge < -0.3 is 10.1 Å². The van der Waals surface area contributed by atoms with Crippen LogP contribution in [0.4, 0.5) is 5.82 Å². The van der Waals surface area contributed by atoms with Gasteiger partial charge in [-0.3, -0.25) is 14.7 Å². The number of morpholine rings is 1. The highest BCUT2D eigenvalue weighted by Gasteiger charge is 2.33. The number of nitrogens with one attached hydrogen (secondary N) is 2. The molecule has 4 rings (SSSR count). The van der Waals surface area contributed by atoms with Crippen molar-refractivity contribution in [2.24, 2.45) is 7.05 Å². The van der Waals surface area contributed by atoms with E-state index in [1.54, 1.807) is 6.20 Å². The summed E-state index contributed by atoms with van der Waals surface area (Å²) in [6, 6.07) is 0.168. The number of nitrogens with zero attached hydrogens (tertiary/aromatic N) is 6. The normalized spacial score (nSPS) is 21.7. The van der Waals surface area contributed by atoms with Crippen LogP contribution < -0.4 is 5.32 Å². The molecule has 0 aromatic carbocycles. The zero-order chi connectivity index (χ0) is 17.2. The summed E-state index contributed by atoms with van der Waals surface area (Å²) in [5.41, 5.74) is 1.90. The Bertz CT molecular complexity index is 843. The zero-order valence-corrected chi connectivity index (χ0v) is 14.4. The highest BCUT2D eigenvalue weighted by atomic mass is 16.5. The van der Waals surface area contributed by atoms with E-state index in [2.05, 4.69) is 48.6 Å². The SMILES string of the molecule is CCN1CCO[C@@H](CNc2ncnc3[nH]ncc23)[C@@H]1c1cnn(C)c1. The molecule has 132 valence electrons. The van der Waals surface area contributed by atoms with Gasteiger partial charge >= 0.3 is 0 Å². The first-order valence-electron chi connectivity index (χ1n) is 8.48. The number of H-pyrrole nitrogens is 1. The minimum Gasteiger partial charge on any atom is -0.373 e. The number of hydrogen-bond acceptors (Lipinski definition) is 7. The molecule has 0 radical (unpaired) electrons. The molecule has 0 spiro atoms. The average molecular weight is 342 g/mol. The van der Waals surface area contributed by atoms with Gasteiger partial charge in [0.25, 0.3) is 0 Å². The summed E-state index contributed by atoms with van der Waals surface area (Å²) in [6.45, 7) is 5.44. The van der Waals surface area contributed by atoms with Crippen LogP contribution in [0.15, 0.2) is 24.9 Å². The predicted octanol–water partition coefficient (Wildman–Crippen LogP) is 0.960. The number of likely N-dealkylation sites (N-methyl/N-ethyl adjacent to an activating group) is 1. The second kappa shape index (κ2) is 6.77. The summed E-state index contributed by atoms with van der Waals surface area (Å²) in [5, 5.41) is 15.5. The number of aromatic amines is 1. The molecule has 0 aliphatic carbocycles. The van der Waals surface area contributed by atoms with Gasteiger partial charge in [0.2, 0.25) is 0 Å². The maximum absolute atomic E-state index is 6.09. The van der Waals surface area contributed by atoms with Gasteiger partial charge in [-0.25, -0.2) is 9.97 Å². The number of ether oxygens (including phenoxy) is 1. The predicted molar refractivity (Wildman–Crippen MR) is 93.1 cm³/mol. The largest absolute Gasteiger partial charge is 0.373 e. The standard InChI is InChI=1S/C16H22N8O/c1-3-24-4-5-25-13(14(24)11-6-21-23(2)9-11)8-17-15-12-7-20-22-16(12)19-10-18-15/h6-7,9-10,13-14H,3-5,8H2,1-2H3,(H2,17,18,19,20,22)/t13-,14-/m0/s1. The Morgan fingerprint density at radius 3 is 3.08 bits per heavy atom. The fourth-order valence-corrected chi connectivity index (χ4v) is 3.43. The highest BCUT2D eigenvalue weighted by molar-refractivity contribution is 5.85.